The van der Waals surface area contributed by atoms with Gasteiger partial charge in [-0.1, -0.05) is 6.07 Å². The molecule has 0 saturated carbocycles. The van der Waals surface area contributed by atoms with Crippen LogP contribution in [-0.4, -0.2) is 46.0 Å². The Hall–Kier alpha value is -2.01. The van der Waals surface area contributed by atoms with Gasteiger partial charge in [-0.15, -0.1) is 0 Å². The zero-order valence-electron chi connectivity index (χ0n) is 13.6. The van der Waals surface area contributed by atoms with E-state index in [0.717, 1.165) is 36.7 Å². The molecule has 3 heterocycles. The Morgan fingerprint density at radius 3 is 2.96 bits per heavy atom. The number of nitrogens with zero attached hydrogens (tertiary/aromatic N) is 4. The molecular weight excluding hydrogens is 286 g/mol. The highest BCUT2D eigenvalue weighted by atomic mass is 15.2. The highest BCUT2D eigenvalue weighted by Gasteiger charge is 2.23. The molecule has 23 heavy (non-hydrogen) atoms. The van der Waals surface area contributed by atoms with Crippen LogP contribution in [0.1, 0.15) is 30.5 Å². The fraction of sp³-hybridized carbons (Fsp3) is 0.500. The molecule has 0 amide bonds. The summed E-state index contributed by atoms with van der Waals surface area (Å²) in [4.78, 5) is 16.4. The number of likely N-dealkylation sites (tertiary alicyclic amines) is 1. The molecule has 1 aliphatic carbocycles. The van der Waals surface area contributed by atoms with E-state index in [2.05, 4.69) is 22.2 Å². The molecule has 0 bridgehead atoms. The molecule has 1 atom stereocenters. The van der Waals surface area contributed by atoms with E-state index in [0.29, 0.717) is 6.04 Å². The van der Waals surface area contributed by atoms with Gasteiger partial charge in [-0.2, -0.15) is 0 Å². The minimum Gasteiger partial charge on any atom is -0.366 e. The average molecular weight is 309 g/mol. The lowest BCUT2D eigenvalue weighted by Gasteiger charge is -2.31. The maximum absolute atomic E-state index is 4.83. The van der Waals surface area contributed by atoms with Crippen molar-refractivity contribution >= 4 is 5.82 Å². The molecule has 0 aromatic carbocycles. The Labute approximate surface area is 137 Å². The second-order valence-corrected chi connectivity index (χ2v) is 6.64. The molecule has 2 aliphatic rings. The normalized spacial score (nSPS) is 21.2. The smallest absolute Gasteiger partial charge is 0.180 e. The standard InChI is InChI=1S/C18H23N5/c1-23-11-5-6-13(12-23)20-17-14-7-4-9-15(14)21-18(22-17)16-8-2-3-10-19-16/h2-3,8,10,13H,4-7,9,11-12H2,1H3,(H,20,21,22). The van der Waals surface area contributed by atoms with Gasteiger partial charge in [-0.3, -0.25) is 4.98 Å². The van der Waals surface area contributed by atoms with Crippen LogP contribution in [0.5, 0.6) is 0 Å². The van der Waals surface area contributed by atoms with Crippen LogP contribution in [-0.2, 0) is 12.8 Å². The van der Waals surface area contributed by atoms with Crippen LogP contribution in [0, 0.1) is 0 Å². The molecule has 1 N–H and O–H groups in total. The van der Waals surface area contributed by atoms with Gasteiger partial charge in [0, 0.05) is 30.0 Å². The van der Waals surface area contributed by atoms with E-state index in [1.807, 2.05) is 18.2 Å². The zero-order valence-corrected chi connectivity index (χ0v) is 13.6. The van der Waals surface area contributed by atoms with Gasteiger partial charge < -0.3 is 10.2 Å². The SMILES string of the molecule is CN1CCCC(Nc2nc(-c3ccccn3)nc3c2CCC3)C1. The fourth-order valence-electron chi connectivity index (χ4n) is 3.64. The highest BCUT2D eigenvalue weighted by molar-refractivity contribution is 5.58. The van der Waals surface area contributed by atoms with Crippen molar-refractivity contribution in [3.63, 3.8) is 0 Å². The predicted molar refractivity (Wildman–Crippen MR) is 91.4 cm³/mol. The minimum absolute atomic E-state index is 0.477. The second kappa shape index (κ2) is 6.24. The maximum Gasteiger partial charge on any atom is 0.180 e. The number of pyridine rings is 1. The lowest BCUT2D eigenvalue weighted by Crippen LogP contribution is -2.40. The number of hydrogen-bond acceptors (Lipinski definition) is 5. The van der Waals surface area contributed by atoms with Crippen LogP contribution in [0.15, 0.2) is 24.4 Å². The summed E-state index contributed by atoms with van der Waals surface area (Å²) in [5.74, 6) is 1.78. The Morgan fingerprint density at radius 2 is 2.13 bits per heavy atom. The number of piperidine rings is 1. The highest BCUT2D eigenvalue weighted by Crippen LogP contribution is 2.29. The maximum atomic E-state index is 4.83. The van der Waals surface area contributed by atoms with E-state index in [1.54, 1.807) is 6.20 Å². The molecule has 0 radical (unpaired) electrons. The summed E-state index contributed by atoms with van der Waals surface area (Å²) in [6, 6.07) is 6.37. The number of aryl methyl sites for hydroxylation is 1. The van der Waals surface area contributed by atoms with Crippen LogP contribution < -0.4 is 5.32 Å². The molecule has 2 aromatic heterocycles. The molecule has 1 aliphatic heterocycles. The zero-order chi connectivity index (χ0) is 15.6. The van der Waals surface area contributed by atoms with E-state index in [1.165, 1.54) is 37.1 Å². The van der Waals surface area contributed by atoms with Crippen molar-refractivity contribution in [2.24, 2.45) is 0 Å². The monoisotopic (exact) mass is 309 g/mol. The van der Waals surface area contributed by atoms with E-state index < -0.39 is 0 Å². The molecule has 5 nitrogen and oxygen atoms in total. The van der Waals surface area contributed by atoms with Crippen LogP contribution >= 0.6 is 0 Å². The van der Waals surface area contributed by atoms with Gasteiger partial charge in [0.05, 0.1) is 0 Å². The Bertz CT molecular complexity index is 685. The molecule has 120 valence electrons. The molecule has 2 aromatic rings. The van der Waals surface area contributed by atoms with E-state index in [-0.39, 0.29) is 0 Å². The van der Waals surface area contributed by atoms with Crippen LogP contribution in [0.3, 0.4) is 0 Å². The summed E-state index contributed by atoms with van der Waals surface area (Å²) in [7, 11) is 2.19. The molecule has 5 heteroatoms. The summed E-state index contributed by atoms with van der Waals surface area (Å²) in [5, 5.41) is 3.70. The third-order valence-corrected chi connectivity index (χ3v) is 4.79. The second-order valence-electron chi connectivity index (χ2n) is 6.64. The summed E-state index contributed by atoms with van der Waals surface area (Å²) in [6.45, 7) is 2.27. The lowest BCUT2D eigenvalue weighted by molar-refractivity contribution is 0.260. The van der Waals surface area contributed by atoms with Crippen molar-refractivity contribution in [2.45, 2.75) is 38.1 Å². The summed E-state index contributed by atoms with van der Waals surface area (Å²) < 4.78 is 0. The third kappa shape index (κ3) is 3.06. The van der Waals surface area contributed by atoms with Crippen LogP contribution in [0.4, 0.5) is 5.82 Å². The van der Waals surface area contributed by atoms with E-state index in [9.17, 15) is 0 Å². The quantitative estimate of drug-likeness (QED) is 0.944. The summed E-state index contributed by atoms with van der Waals surface area (Å²) in [6.07, 6.45) is 7.57. The number of nitrogens with one attached hydrogen (secondary N) is 1. The van der Waals surface area contributed by atoms with Crippen molar-refractivity contribution in [2.75, 3.05) is 25.5 Å². The van der Waals surface area contributed by atoms with Gasteiger partial charge in [0.15, 0.2) is 5.82 Å². The number of aromatic nitrogens is 3. The van der Waals surface area contributed by atoms with E-state index >= 15 is 0 Å². The average Bonchev–Trinajstić information content (AvgIpc) is 3.04. The minimum atomic E-state index is 0.477. The first kappa shape index (κ1) is 14.6. The molecular formula is C18H23N5. The van der Waals surface area contributed by atoms with Gasteiger partial charge >= 0.3 is 0 Å². The van der Waals surface area contributed by atoms with Gasteiger partial charge in [0.1, 0.15) is 11.5 Å². The fourth-order valence-corrected chi connectivity index (χ4v) is 3.64. The first-order valence-electron chi connectivity index (χ1n) is 8.56. The third-order valence-electron chi connectivity index (χ3n) is 4.79. The predicted octanol–water partition coefficient (Wildman–Crippen LogP) is 2.53. The Morgan fingerprint density at radius 1 is 1.17 bits per heavy atom. The molecule has 4 rings (SSSR count). The van der Waals surface area contributed by atoms with Crippen molar-refractivity contribution in [3.05, 3.63) is 35.7 Å². The molecule has 0 spiro atoms. The van der Waals surface area contributed by atoms with Gasteiger partial charge in [0.25, 0.3) is 0 Å². The number of likely N-dealkylation sites (N-methyl/N-ethyl adjacent to an activating group) is 1. The number of rotatable bonds is 3. The number of hydrogen-bond donors (Lipinski definition) is 1. The topological polar surface area (TPSA) is 53.9 Å². The van der Waals surface area contributed by atoms with Crippen molar-refractivity contribution < 1.29 is 0 Å². The first-order valence-corrected chi connectivity index (χ1v) is 8.56. The first-order chi connectivity index (χ1) is 11.3. The summed E-state index contributed by atoms with van der Waals surface area (Å²) in [5.41, 5.74) is 3.37. The number of anilines is 1. The van der Waals surface area contributed by atoms with E-state index in [4.69, 9.17) is 9.97 Å². The van der Waals surface area contributed by atoms with Crippen LogP contribution in [0.2, 0.25) is 0 Å². The van der Waals surface area contributed by atoms with Crippen molar-refractivity contribution in [3.8, 4) is 11.5 Å². The Kier molecular flexibility index (Phi) is 3.95. The largest absolute Gasteiger partial charge is 0.366 e. The van der Waals surface area contributed by atoms with Crippen molar-refractivity contribution in [1.29, 1.82) is 0 Å². The van der Waals surface area contributed by atoms with Gasteiger partial charge in [0.2, 0.25) is 0 Å². The van der Waals surface area contributed by atoms with Crippen LogP contribution in [0.25, 0.3) is 11.5 Å². The lowest BCUT2D eigenvalue weighted by atomic mass is 10.1. The molecule has 1 unspecified atom stereocenters. The Balaban J connectivity index is 1.66. The number of fused-ring (bicyclic) bond motifs is 1. The summed E-state index contributed by atoms with van der Waals surface area (Å²) >= 11 is 0. The molecule has 1 fully saturated rings. The van der Waals surface area contributed by atoms with Gasteiger partial charge in [-0.05, 0) is 57.8 Å². The molecule has 1 saturated heterocycles. The van der Waals surface area contributed by atoms with Gasteiger partial charge in [-0.25, -0.2) is 9.97 Å². The van der Waals surface area contributed by atoms with Crippen molar-refractivity contribution in [1.82, 2.24) is 19.9 Å².